The van der Waals surface area contributed by atoms with Crippen molar-refractivity contribution in [2.75, 3.05) is 37.4 Å². The Bertz CT molecular complexity index is 442. The lowest BCUT2D eigenvalue weighted by atomic mass is 10.1. The monoisotopic (exact) mass is 288 g/mol. The highest BCUT2D eigenvalue weighted by Crippen LogP contribution is 2.18. The maximum atomic E-state index is 11.8. The summed E-state index contributed by atoms with van der Waals surface area (Å²) in [6.45, 7) is 1.87. The molecule has 0 aromatic heterocycles. The fraction of sp³-hybridized carbons (Fsp3) is 0.462. The normalized spacial score (nSPS) is 10.6. The number of carbonyl (C=O) groups excluding carboxylic acids is 1. The minimum Gasteiger partial charge on any atom is -0.462 e. The fourth-order valence-corrected chi connectivity index (χ4v) is 1.49. The van der Waals surface area contributed by atoms with Crippen LogP contribution >= 0.6 is 0 Å². The molecular formula is C13H18F2N2O3. The Balaban J connectivity index is 2.50. The van der Waals surface area contributed by atoms with Crippen molar-refractivity contribution < 1.29 is 23.0 Å². The van der Waals surface area contributed by atoms with Crippen LogP contribution in [0.3, 0.4) is 0 Å². The summed E-state index contributed by atoms with van der Waals surface area (Å²) in [6, 6.07) is 4.82. The Morgan fingerprint density at radius 2 is 2.20 bits per heavy atom. The van der Waals surface area contributed by atoms with Gasteiger partial charge < -0.3 is 20.5 Å². The number of nitrogens with one attached hydrogen (secondary N) is 1. The van der Waals surface area contributed by atoms with E-state index in [9.17, 15) is 13.6 Å². The van der Waals surface area contributed by atoms with Gasteiger partial charge in [-0.15, -0.1) is 0 Å². The van der Waals surface area contributed by atoms with Crippen molar-refractivity contribution in [1.82, 2.24) is 0 Å². The molecule has 0 saturated carbocycles. The largest absolute Gasteiger partial charge is 0.462 e. The van der Waals surface area contributed by atoms with Gasteiger partial charge in [0.05, 0.1) is 18.8 Å². The summed E-state index contributed by atoms with van der Waals surface area (Å²) in [5.41, 5.74) is 6.93. The molecule has 0 unspecified atom stereocenters. The molecule has 0 aliphatic rings. The van der Waals surface area contributed by atoms with E-state index >= 15 is 0 Å². The van der Waals surface area contributed by atoms with Crippen LogP contribution in [-0.2, 0) is 9.47 Å². The van der Waals surface area contributed by atoms with Crippen molar-refractivity contribution in [2.24, 2.45) is 0 Å². The number of esters is 1. The molecule has 1 aromatic rings. The summed E-state index contributed by atoms with van der Waals surface area (Å²) in [5.74, 6) is -0.498. The first-order valence-corrected chi connectivity index (χ1v) is 6.21. The van der Waals surface area contributed by atoms with Gasteiger partial charge in [0.1, 0.15) is 6.61 Å². The minimum atomic E-state index is -2.47. The molecule has 0 atom stereocenters. The van der Waals surface area contributed by atoms with Crippen LogP contribution in [0.5, 0.6) is 0 Å². The number of nitrogen functional groups attached to an aromatic ring is 1. The number of hydrogen-bond donors (Lipinski definition) is 2. The molecular weight excluding hydrogens is 270 g/mol. The lowest BCUT2D eigenvalue weighted by Crippen LogP contribution is -2.14. The zero-order valence-corrected chi connectivity index (χ0v) is 11.2. The van der Waals surface area contributed by atoms with Crippen LogP contribution < -0.4 is 11.1 Å². The molecule has 0 bridgehead atoms. The molecule has 0 aliphatic carbocycles. The second-order valence-electron chi connectivity index (χ2n) is 3.92. The second kappa shape index (κ2) is 8.31. The molecule has 0 heterocycles. The number of benzene rings is 1. The van der Waals surface area contributed by atoms with E-state index in [1.54, 1.807) is 25.1 Å². The van der Waals surface area contributed by atoms with Gasteiger partial charge in [0.15, 0.2) is 0 Å². The molecule has 3 N–H and O–H groups in total. The average molecular weight is 288 g/mol. The Hall–Kier alpha value is -1.89. The number of ether oxygens (including phenoxy) is 2. The highest BCUT2D eigenvalue weighted by atomic mass is 19.3. The summed E-state index contributed by atoms with van der Waals surface area (Å²) in [4.78, 5) is 11.6. The van der Waals surface area contributed by atoms with Crippen molar-refractivity contribution in [3.05, 3.63) is 23.8 Å². The van der Waals surface area contributed by atoms with E-state index in [4.69, 9.17) is 15.2 Å². The predicted molar refractivity (Wildman–Crippen MR) is 72.1 cm³/mol. The summed E-state index contributed by atoms with van der Waals surface area (Å²) >= 11 is 0. The standard InChI is InChI=1S/C13H18F2N2O3/c1-2-20-13(18)10-7-9(3-4-11(10)16)17-5-6-19-8-12(14)15/h3-4,7,12,17H,2,5-6,8,16H2,1H3. The van der Waals surface area contributed by atoms with E-state index in [2.05, 4.69) is 5.32 Å². The SMILES string of the molecule is CCOC(=O)c1cc(NCCOCC(F)F)ccc1N. The highest BCUT2D eigenvalue weighted by Gasteiger charge is 2.11. The maximum absolute atomic E-state index is 11.8. The average Bonchev–Trinajstić information content (AvgIpc) is 2.40. The number of alkyl halides is 2. The summed E-state index contributed by atoms with van der Waals surface area (Å²) in [6.07, 6.45) is -2.47. The first kappa shape index (κ1) is 16.2. The molecule has 0 radical (unpaired) electrons. The minimum absolute atomic E-state index is 0.142. The number of carbonyl (C=O) groups is 1. The van der Waals surface area contributed by atoms with E-state index in [1.165, 1.54) is 0 Å². The molecule has 0 saturated heterocycles. The van der Waals surface area contributed by atoms with E-state index in [0.717, 1.165) is 0 Å². The Kier molecular flexibility index (Phi) is 6.72. The van der Waals surface area contributed by atoms with Crippen LogP contribution in [0.15, 0.2) is 18.2 Å². The predicted octanol–water partition coefficient (Wildman–Crippen LogP) is 2.14. The third-order valence-electron chi connectivity index (χ3n) is 2.37. The van der Waals surface area contributed by atoms with Gasteiger partial charge in [0.2, 0.25) is 0 Å². The Morgan fingerprint density at radius 3 is 2.85 bits per heavy atom. The Morgan fingerprint density at radius 1 is 1.45 bits per heavy atom. The third-order valence-corrected chi connectivity index (χ3v) is 2.37. The van der Waals surface area contributed by atoms with Gasteiger partial charge >= 0.3 is 5.97 Å². The lowest BCUT2D eigenvalue weighted by molar-refractivity contribution is 0.0215. The molecule has 1 aromatic carbocycles. The highest BCUT2D eigenvalue weighted by molar-refractivity contribution is 5.96. The van der Waals surface area contributed by atoms with Crippen LogP contribution in [0.2, 0.25) is 0 Å². The molecule has 5 nitrogen and oxygen atoms in total. The molecule has 20 heavy (non-hydrogen) atoms. The molecule has 0 spiro atoms. The van der Waals surface area contributed by atoms with Crippen LogP contribution in [0, 0.1) is 0 Å². The van der Waals surface area contributed by atoms with Gasteiger partial charge in [-0.2, -0.15) is 0 Å². The third kappa shape index (κ3) is 5.40. The topological polar surface area (TPSA) is 73.6 Å². The quantitative estimate of drug-likeness (QED) is 0.435. The Labute approximate surface area is 116 Å². The summed E-state index contributed by atoms with van der Waals surface area (Å²) in [5, 5.41) is 2.95. The van der Waals surface area contributed by atoms with Crippen LogP contribution in [-0.4, -0.2) is 38.8 Å². The van der Waals surface area contributed by atoms with E-state index in [0.29, 0.717) is 17.9 Å². The fourth-order valence-electron chi connectivity index (χ4n) is 1.49. The van der Waals surface area contributed by atoms with Crippen LogP contribution in [0.4, 0.5) is 20.2 Å². The van der Waals surface area contributed by atoms with Crippen LogP contribution in [0.1, 0.15) is 17.3 Å². The first-order chi connectivity index (χ1) is 9.54. The number of nitrogens with two attached hydrogens (primary N) is 1. The van der Waals surface area contributed by atoms with E-state index < -0.39 is 19.0 Å². The molecule has 0 aliphatic heterocycles. The van der Waals surface area contributed by atoms with Gasteiger partial charge in [-0.1, -0.05) is 0 Å². The zero-order chi connectivity index (χ0) is 15.0. The van der Waals surface area contributed by atoms with Crippen molar-refractivity contribution >= 4 is 17.3 Å². The van der Waals surface area contributed by atoms with Crippen LogP contribution in [0.25, 0.3) is 0 Å². The van der Waals surface area contributed by atoms with Gasteiger partial charge in [-0.05, 0) is 25.1 Å². The first-order valence-electron chi connectivity index (χ1n) is 6.21. The van der Waals surface area contributed by atoms with Crippen molar-refractivity contribution in [3.8, 4) is 0 Å². The smallest absolute Gasteiger partial charge is 0.340 e. The van der Waals surface area contributed by atoms with Crippen molar-refractivity contribution in [3.63, 3.8) is 0 Å². The van der Waals surface area contributed by atoms with E-state index in [-0.39, 0.29) is 18.8 Å². The van der Waals surface area contributed by atoms with Gasteiger partial charge in [-0.25, -0.2) is 13.6 Å². The number of halogens is 2. The number of anilines is 2. The van der Waals surface area contributed by atoms with Gasteiger partial charge in [0, 0.05) is 17.9 Å². The number of hydrogen-bond acceptors (Lipinski definition) is 5. The molecule has 112 valence electrons. The summed E-state index contributed by atoms with van der Waals surface area (Å²) in [7, 11) is 0. The van der Waals surface area contributed by atoms with Gasteiger partial charge in [-0.3, -0.25) is 0 Å². The summed E-state index contributed by atoms with van der Waals surface area (Å²) < 4.78 is 33.3. The molecule has 0 amide bonds. The van der Waals surface area contributed by atoms with E-state index in [1.807, 2.05) is 0 Å². The second-order valence-corrected chi connectivity index (χ2v) is 3.92. The van der Waals surface area contributed by atoms with Crippen molar-refractivity contribution in [2.45, 2.75) is 13.3 Å². The van der Waals surface area contributed by atoms with Gasteiger partial charge in [0.25, 0.3) is 6.43 Å². The molecule has 1 rings (SSSR count). The maximum Gasteiger partial charge on any atom is 0.340 e. The lowest BCUT2D eigenvalue weighted by Gasteiger charge is -2.10. The van der Waals surface area contributed by atoms with Crippen molar-refractivity contribution in [1.29, 1.82) is 0 Å². The number of rotatable bonds is 8. The molecule has 0 fully saturated rings. The molecule has 7 heteroatoms. The zero-order valence-electron chi connectivity index (χ0n) is 11.2.